The van der Waals surface area contributed by atoms with E-state index in [1.807, 2.05) is 0 Å². The molecule has 0 N–H and O–H groups in total. The van der Waals surface area contributed by atoms with Crippen molar-refractivity contribution in [3.05, 3.63) is 24.3 Å². The quantitative estimate of drug-likeness (QED) is 0.486. The van der Waals surface area contributed by atoms with Crippen LogP contribution in [0.1, 0.15) is 32.6 Å². The zero-order valence-electron chi connectivity index (χ0n) is 10.5. The van der Waals surface area contributed by atoms with Crippen molar-refractivity contribution in [3.8, 4) is 0 Å². The molecule has 0 spiro atoms. The van der Waals surface area contributed by atoms with Gasteiger partial charge in [-0.1, -0.05) is 37.6 Å². The number of rotatable bonds is 7. The molecule has 0 saturated carbocycles. The Kier molecular flexibility index (Phi) is 8.09. The second kappa shape index (κ2) is 9.61. The summed E-state index contributed by atoms with van der Waals surface area (Å²) in [6, 6.07) is 0. The Bertz CT molecular complexity index is 205. The SMILES string of the molecule is CC/C=C\C=C/COCCN1CCCCC1. The van der Waals surface area contributed by atoms with Gasteiger partial charge in [-0.15, -0.1) is 0 Å². The number of allylic oxidation sites excluding steroid dienone is 3. The lowest BCUT2D eigenvalue weighted by molar-refractivity contribution is 0.114. The molecule has 0 radical (unpaired) electrons. The summed E-state index contributed by atoms with van der Waals surface area (Å²) in [6.07, 6.45) is 13.6. The van der Waals surface area contributed by atoms with E-state index in [4.69, 9.17) is 4.74 Å². The number of piperidine rings is 1. The lowest BCUT2D eigenvalue weighted by atomic mass is 10.1. The third kappa shape index (κ3) is 6.81. The van der Waals surface area contributed by atoms with Gasteiger partial charge in [0.25, 0.3) is 0 Å². The molecule has 0 bridgehead atoms. The molecule has 0 unspecified atom stereocenters. The number of nitrogens with zero attached hydrogens (tertiary/aromatic N) is 1. The van der Waals surface area contributed by atoms with Crippen LogP contribution in [-0.4, -0.2) is 37.7 Å². The minimum atomic E-state index is 0.738. The normalized spacial score (nSPS) is 18.8. The summed E-state index contributed by atoms with van der Waals surface area (Å²) < 4.78 is 5.55. The smallest absolute Gasteiger partial charge is 0.0651 e. The van der Waals surface area contributed by atoms with E-state index >= 15 is 0 Å². The van der Waals surface area contributed by atoms with Crippen LogP contribution >= 0.6 is 0 Å². The number of hydrogen-bond acceptors (Lipinski definition) is 2. The van der Waals surface area contributed by atoms with Crippen LogP contribution in [0.2, 0.25) is 0 Å². The molecule has 1 saturated heterocycles. The van der Waals surface area contributed by atoms with Gasteiger partial charge < -0.3 is 9.64 Å². The van der Waals surface area contributed by atoms with E-state index in [-0.39, 0.29) is 0 Å². The summed E-state index contributed by atoms with van der Waals surface area (Å²) in [4.78, 5) is 2.50. The van der Waals surface area contributed by atoms with Crippen LogP contribution < -0.4 is 0 Å². The molecule has 92 valence electrons. The maximum absolute atomic E-state index is 5.55. The maximum Gasteiger partial charge on any atom is 0.0651 e. The van der Waals surface area contributed by atoms with E-state index < -0.39 is 0 Å². The number of likely N-dealkylation sites (tertiary alicyclic amines) is 1. The molecule has 0 atom stereocenters. The molecule has 1 aliphatic rings. The van der Waals surface area contributed by atoms with Gasteiger partial charge in [-0.3, -0.25) is 0 Å². The second-order valence-electron chi connectivity index (χ2n) is 4.24. The molecule has 1 fully saturated rings. The Morgan fingerprint density at radius 1 is 1.06 bits per heavy atom. The molecular weight excluding hydrogens is 198 g/mol. The van der Waals surface area contributed by atoms with E-state index in [1.165, 1.54) is 32.4 Å². The summed E-state index contributed by atoms with van der Waals surface area (Å²) in [7, 11) is 0. The predicted octanol–water partition coefficient (Wildman–Crippen LogP) is 3.01. The largest absolute Gasteiger partial charge is 0.376 e. The van der Waals surface area contributed by atoms with Crippen LogP contribution in [0.4, 0.5) is 0 Å². The average molecular weight is 223 g/mol. The molecule has 0 aliphatic carbocycles. The van der Waals surface area contributed by atoms with Crippen LogP contribution in [0.15, 0.2) is 24.3 Å². The van der Waals surface area contributed by atoms with Crippen molar-refractivity contribution >= 4 is 0 Å². The van der Waals surface area contributed by atoms with Gasteiger partial charge in [0.15, 0.2) is 0 Å². The molecule has 2 heteroatoms. The van der Waals surface area contributed by atoms with E-state index in [9.17, 15) is 0 Å². The molecule has 2 nitrogen and oxygen atoms in total. The van der Waals surface area contributed by atoms with Crippen LogP contribution in [0.25, 0.3) is 0 Å². The van der Waals surface area contributed by atoms with Gasteiger partial charge in [0.05, 0.1) is 13.2 Å². The van der Waals surface area contributed by atoms with E-state index in [2.05, 4.69) is 36.1 Å². The monoisotopic (exact) mass is 223 g/mol. The van der Waals surface area contributed by atoms with Crippen molar-refractivity contribution in [2.75, 3.05) is 32.8 Å². The first-order chi connectivity index (χ1) is 7.93. The van der Waals surface area contributed by atoms with Crippen molar-refractivity contribution in [2.24, 2.45) is 0 Å². The van der Waals surface area contributed by atoms with Crippen molar-refractivity contribution in [1.82, 2.24) is 4.90 Å². The first kappa shape index (κ1) is 13.5. The van der Waals surface area contributed by atoms with Gasteiger partial charge in [0.2, 0.25) is 0 Å². The predicted molar refractivity (Wildman–Crippen MR) is 69.7 cm³/mol. The summed E-state index contributed by atoms with van der Waals surface area (Å²) in [5, 5.41) is 0. The lowest BCUT2D eigenvalue weighted by Crippen LogP contribution is -2.32. The molecule has 1 aliphatic heterocycles. The van der Waals surface area contributed by atoms with Crippen molar-refractivity contribution in [1.29, 1.82) is 0 Å². The Hall–Kier alpha value is -0.600. The fraction of sp³-hybridized carbons (Fsp3) is 0.714. The molecule has 1 heterocycles. The summed E-state index contributed by atoms with van der Waals surface area (Å²) in [5.74, 6) is 0. The van der Waals surface area contributed by atoms with E-state index in [1.54, 1.807) is 0 Å². The molecule has 0 amide bonds. The zero-order valence-corrected chi connectivity index (χ0v) is 10.5. The minimum Gasteiger partial charge on any atom is -0.376 e. The average Bonchev–Trinajstić information content (AvgIpc) is 2.34. The summed E-state index contributed by atoms with van der Waals surface area (Å²) in [6.45, 7) is 7.36. The van der Waals surface area contributed by atoms with Gasteiger partial charge in [0.1, 0.15) is 0 Å². The van der Waals surface area contributed by atoms with Crippen molar-refractivity contribution < 1.29 is 4.74 Å². The van der Waals surface area contributed by atoms with Crippen LogP contribution in [0, 0.1) is 0 Å². The van der Waals surface area contributed by atoms with Gasteiger partial charge in [-0.05, 0) is 32.4 Å². The van der Waals surface area contributed by atoms with E-state index in [0.717, 1.165) is 26.2 Å². The second-order valence-corrected chi connectivity index (χ2v) is 4.24. The van der Waals surface area contributed by atoms with Crippen molar-refractivity contribution in [3.63, 3.8) is 0 Å². The minimum absolute atomic E-state index is 0.738. The van der Waals surface area contributed by atoms with Gasteiger partial charge >= 0.3 is 0 Å². The highest BCUT2D eigenvalue weighted by atomic mass is 16.5. The topological polar surface area (TPSA) is 12.5 Å². The van der Waals surface area contributed by atoms with E-state index in [0.29, 0.717) is 0 Å². The van der Waals surface area contributed by atoms with Crippen LogP contribution in [0.3, 0.4) is 0 Å². The highest BCUT2D eigenvalue weighted by molar-refractivity contribution is 5.01. The Morgan fingerprint density at radius 2 is 1.81 bits per heavy atom. The van der Waals surface area contributed by atoms with Crippen molar-refractivity contribution in [2.45, 2.75) is 32.6 Å². The Morgan fingerprint density at radius 3 is 2.56 bits per heavy atom. The van der Waals surface area contributed by atoms with Gasteiger partial charge in [0, 0.05) is 6.54 Å². The first-order valence-electron chi connectivity index (χ1n) is 6.55. The van der Waals surface area contributed by atoms with Crippen LogP contribution in [0.5, 0.6) is 0 Å². The highest BCUT2D eigenvalue weighted by Crippen LogP contribution is 2.07. The number of ether oxygens (including phenoxy) is 1. The van der Waals surface area contributed by atoms with Gasteiger partial charge in [-0.25, -0.2) is 0 Å². The Labute approximate surface area is 100.0 Å². The molecular formula is C14H25NO. The molecule has 0 aromatic carbocycles. The maximum atomic E-state index is 5.55. The molecule has 0 aromatic heterocycles. The van der Waals surface area contributed by atoms with Gasteiger partial charge in [-0.2, -0.15) is 0 Å². The molecule has 0 aromatic rings. The summed E-state index contributed by atoms with van der Waals surface area (Å²) in [5.41, 5.74) is 0. The number of hydrogen-bond donors (Lipinski definition) is 0. The summed E-state index contributed by atoms with van der Waals surface area (Å²) >= 11 is 0. The molecule has 1 rings (SSSR count). The highest BCUT2D eigenvalue weighted by Gasteiger charge is 2.08. The Balaban J connectivity index is 1.91. The fourth-order valence-corrected chi connectivity index (χ4v) is 1.88. The third-order valence-electron chi connectivity index (χ3n) is 2.83. The van der Waals surface area contributed by atoms with Crippen LogP contribution in [-0.2, 0) is 4.74 Å². The molecule has 16 heavy (non-hydrogen) atoms. The third-order valence-corrected chi connectivity index (χ3v) is 2.83. The first-order valence-corrected chi connectivity index (χ1v) is 6.55. The zero-order chi connectivity index (χ0) is 11.5. The lowest BCUT2D eigenvalue weighted by Gasteiger charge is -2.25. The fourth-order valence-electron chi connectivity index (χ4n) is 1.88. The standard InChI is InChI=1S/C14H25NO/c1-2-3-4-5-9-13-16-14-12-15-10-7-6-8-11-15/h3-5,9H,2,6-8,10-14H2,1H3/b4-3-,9-5-.